The number of carbonyl (C=O) groups excluding carboxylic acids is 1. The number of halogens is 3. The first-order chi connectivity index (χ1) is 15.4. The van der Waals surface area contributed by atoms with E-state index >= 15 is 0 Å². The van der Waals surface area contributed by atoms with Gasteiger partial charge < -0.3 is 9.84 Å². The zero-order chi connectivity index (χ0) is 22.6. The second-order valence-corrected chi connectivity index (χ2v) is 7.12. The molecule has 0 aliphatic heterocycles. The molecule has 5 nitrogen and oxygen atoms in total. The number of nitrogens with one attached hydrogen (secondary N) is 1. The lowest BCUT2D eigenvalue weighted by Crippen LogP contribution is -2.30. The maximum absolute atomic E-state index is 13.1. The Labute approximate surface area is 181 Å². The van der Waals surface area contributed by atoms with Crippen LogP contribution >= 0.6 is 0 Å². The molecule has 4 aromatic rings. The Morgan fingerprint density at radius 3 is 2.31 bits per heavy atom. The summed E-state index contributed by atoms with van der Waals surface area (Å²) >= 11 is 0. The minimum absolute atomic E-state index is 0.0121. The highest BCUT2D eigenvalue weighted by Gasteiger charge is 2.31. The minimum Gasteiger partial charge on any atom is -0.340 e. The molecule has 0 saturated carbocycles. The molecule has 0 spiro atoms. The van der Waals surface area contributed by atoms with Crippen LogP contribution in [0.5, 0.6) is 0 Å². The highest BCUT2D eigenvalue weighted by molar-refractivity contribution is 5.94. The van der Waals surface area contributed by atoms with Crippen LogP contribution in [0.15, 0.2) is 89.5 Å². The first-order valence-electron chi connectivity index (χ1n) is 9.81. The smallest absolute Gasteiger partial charge is 0.340 e. The third-order valence-corrected chi connectivity index (χ3v) is 4.81. The molecule has 0 aliphatic rings. The van der Waals surface area contributed by atoms with E-state index in [1.54, 1.807) is 30.3 Å². The normalized spacial score (nSPS) is 12.3. The molecule has 162 valence electrons. The molecule has 4 rings (SSSR count). The van der Waals surface area contributed by atoms with Crippen molar-refractivity contribution in [2.45, 2.75) is 18.6 Å². The predicted molar refractivity (Wildman–Crippen MR) is 112 cm³/mol. The van der Waals surface area contributed by atoms with Gasteiger partial charge in [0.2, 0.25) is 11.7 Å². The minimum atomic E-state index is -4.48. The largest absolute Gasteiger partial charge is 0.416 e. The number of hydrogen-bond donors (Lipinski definition) is 1. The van der Waals surface area contributed by atoms with Crippen LogP contribution in [-0.4, -0.2) is 16.0 Å². The van der Waals surface area contributed by atoms with Gasteiger partial charge in [-0.3, -0.25) is 4.79 Å². The molecule has 8 heteroatoms. The lowest BCUT2D eigenvalue weighted by molar-refractivity contribution is -0.137. The summed E-state index contributed by atoms with van der Waals surface area (Å²) in [5.74, 6) is -0.214. The topological polar surface area (TPSA) is 68.0 Å². The van der Waals surface area contributed by atoms with Gasteiger partial charge >= 0.3 is 6.18 Å². The molecular weight excluding hydrogens is 419 g/mol. The van der Waals surface area contributed by atoms with Crippen LogP contribution in [-0.2, 0) is 12.6 Å². The van der Waals surface area contributed by atoms with Crippen LogP contribution in [0.1, 0.15) is 33.4 Å². The molecule has 32 heavy (non-hydrogen) atoms. The quantitative estimate of drug-likeness (QED) is 0.434. The fourth-order valence-corrected chi connectivity index (χ4v) is 3.21. The van der Waals surface area contributed by atoms with Gasteiger partial charge in [0, 0.05) is 17.5 Å². The molecule has 1 heterocycles. The highest BCUT2D eigenvalue weighted by atomic mass is 19.4. The highest BCUT2D eigenvalue weighted by Crippen LogP contribution is 2.32. The summed E-state index contributed by atoms with van der Waals surface area (Å²) in [5, 5.41) is 6.73. The van der Waals surface area contributed by atoms with Gasteiger partial charge in [0.15, 0.2) is 0 Å². The Hall–Kier alpha value is -3.94. The summed E-state index contributed by atoms with van der Waals surface area (Å²) in [5.41, 5.74) is 0.745. The predicted octanol–water partition coefficient (Wildman–Crippen LogP) is 5.47. The zero-order valence-corrected chi connectivity index (χ0v) is 16.7. The Bertz CT molecular complexity index is 1190. The summed E-state index contributed by atoms with van der Waals surface area (Å²) in [6, 6.07) is 22.1. The third kappa shape index (κ3) is 5.03. The molecule has 0 bridgehead atoms. The van der Waals surface area contributed by atoms with E-state index in [-0.39, 0.29) is 23.2 Å². The SMILES string of the molecule is O=C(N[C@@H](Cc1ccccc1)c1nc(-c2cccc(C(F)(F)F)c2)no1)c1ccccc1. The van der Waals surface area contributed by atoms with Crippen molar-refractivity contribution in [3.05, 3.63) is 108 Å². The van der Waals surface area contributed by atoms with Crippen LogP contribution in [0.2, 0.25) is 0 Å². The number of benzene rings is 3. The van der Waals surface area contributed by atoms with Crippen molar-refractivity contribution < 1.29 is 22.5 Å². The number of aromatic nitrogens is 2. The van der Waals surface area contributed by atoms with Crippen LogP contribution in [0.3, 0.4) is 0 Å². The molecule has 0 fully saturated rings. The van der Waals surface area contributed by atoms with Crippen LogP contribution < -0.4 is 5.32 Å². The molecule has 3 aromatic carbocycles. The first-order valence-corrected chi connectivity index (χ1v) is 9.81. The third-order valence-electron chi connectivity index (χ3n) is 4.81. The van der Waals surface area contributed by atoms with Gasteiger partial charge in [0.25, 0.3) is 5.91 Å². The lowest BCUT2D eigenvalue weighted by Gasteiger charge is -2.15. The van der Waals surface area contributed by atoms with E-state index in [1.165, 1.54) is 12.1 Å². The van der Waals surface area contributed by atoms with Crippen molar-refractivity contribution >= 4 is 5.91 Å². The molecule has 1 amide bonds. The average molecular weight is 437 g/mol. The molecule has 1 aromatic heterocycles. The van der Waals surface area contributed by atoms with E-state index in [9.17, 15) is 18.0 Å². The van der Waals surface area contributed by atoms with Crippen LogP contribution in [0.25, 0.3) is 11.4 Å². The van der Waals surface area contributed by atoms with Gasteiger partial charge in [0.05, 0.1) is 5.56 Å². The zero-order valence-electron chi connectivity index (χ0n) is 16.7. The number of carbonyl (C=O) groups is 1. The van der Waals surface area contributed by atoms with E-state index in [1.807, 2.05) is 30.3 Å². The van der Waals surface area contributed by atoms with E-state index in [0.29, 0.717) is 12.0 Å². The van der Waals surface area contributed by atoms with Gasteiger partial charge in [0.1, 0.15) is 6.04 Å². The van der Waals surface area contributed by atoms with Crippen molar-refractivity contribution in [1.82, 2.24) is 15.5 Å². The molecule has 1 N–H and O–H groups in total. The maximum atomic E-state index is 13.1. The molecule has 0 unspecified atom stereocenters. The first kappa shape index (κ1) is 21.3. The number of nitrogens with zero attached hydrogens (tertiary/aromatic N) is 2. The molecule has 1 atom stereocenters. The summed E-state index contributed by atoms with van der Waals surface area (Å²) in [6.45, 7) is 0. The van der Waals surface area contributed by atoms with Crippen molar-refractivity contribution in [2.24, 2.45) is 0 Å². The number of amides is 1. The standard InChI is InChI=1S/C24H18F3N3O2/c25-24(26,27)19-13-7-12-18(15-19)21-29-23(32-30-21)20(14-16-8-3-1-4-9-16)28-22(31)17-10-5-2-6-11-17/h1-13,15,20H,14H2,(H,28,31)/t20-/m0/s1. The summed E-state index contributed by atoms with van der Waals surface area (Å²) in [4.78, 5) is 17.0. The van der Waals surface area contributed by atoms with Crippen molar-refractivity contribution in [1.29, 1.82) is 0 Å². The fraction of sp³-hybridized carbons (Fsp3) is 0.125. The lowest BCUT2D eigenvalue weighted by atomic mass is 10.1. The second-order valence-electron chi connectivity index (χ2n) is 7.12. The van der Waals surface area contributed by atoms with Gasteiger partial charge in [-0.2, -0.15) is 18.2 Å². The fourth-order valence-electron chi connectivity index (χ4n) is 3.21. The molecule has 0 radical (unpaired) electrons. The van der Waals surface area contributed by atoms with Gasteiger partial charge in [-0.05, 0) is 29.8 Å². The number of rotatable bonds is 6. The van der Waals surface area contributed by atoms with Gasteiger partial charge in [-0.25, -0.2) is 0 Å². The molecule has 0 saturated heterocycles. The monoisotopic (exact) mass is 437 g/mol. The van der Waals surface area contributed by atoms with E-state index in [2.05, 4.69) is 15.5 Å². The average Bonchev–Trinajstić information content (AvgIpc) is 3.30. The van der Waals surface area contributed by atoms with E-state index in [0.717, 1.165) is 17.7 Å². The summed E-state index contributed by atoms with van der Waals surface area (Å²) in [6.07, 6.45) is -4.12. The molecular formula is C24H18F3N3O2. The van der Waals surface area contributed by atoms with Crippen LogP contribution in [0.4, 0.5) is 13.2 Å². The van der Waals surface area contributed by atoms with Gasteiger partial charge in [-0.15, -0.1) is 0 Å². The van der Waals surface area contributed by atoms with Crippen molar-refractivity contribution in [2.75, 3.05) is 0 Å². The maximum Gasteiger partial charge on any atom is 0.416 e. The Balaban J connectivity index is 1.63. The van der Waals surface area contributed by atoms with E-state index in [4.69, 9.17) is 4.52 Å². The van der Waals surface area contributed by atoms with E-state index < -0.39 is 17.8 Å². The van der Waals surface area contributed by atoms with Gasteiger partial charge in [-0.1, -0.05) is 65.8 Å². The Morgan fingerprint density at radius 1 is 0.938 bits per heavy atom. The Kier molecular flexibility index (Phi) is 6.02. The number of alkyl halides is 3. The summed E-state index contributed by atoms with van der Waals surface area (Å²) < 4.78 is 44.5. The van der Waals surface area contributed by atoms with Crippen LogP contribution in [0, 0.1) is 0 Å². The second kappa shape index (κ2) is 9.05. The van der Waals surface area contributed by atoms with Crippen molar-refractivity contribution in [3.8, 4) is 11.4 Å². The Morgan fingerprint density at radius 2 is 1.62 bits per heavy atom. The molecule has 0 aliphatic carbocycles. The number of hydrogen-bond acceptors (Lipinski definition) is 4. The van der Waals surface area contributed by atoms with Crippen molar-refractivity contribution in [3.63, 3.8) is 0 Å². The summed E-state index contributed by atoms with van der Waals surface area (Å²) in [7, 11) is 0.